The van der Waals surface area contributed by atoms with Crippen molar-refractivity contribution in [3.63, 3.8) is 0 Å². The molecule has 3 heterocycles. The van der Waals surface area contributed by atoms with Gasteiger partial charge in [0.25, 0.3) is 5.91 Å². The van der Waals surface area contributed by atoms with Gasteiger partial charge in [-0.2, -0.15) is 13.2 Å². The molecule has 4 fully saturated rings. The van der Waals surface area contributed by atoms with E-state index in [0.717, 1.165) is 37.7 Å². The zero-order chi connectivity index (χ0) is 25.9. The van der Waals surface area contributed by atoms with Crippen LogP contribution in [-0.2, 0) is 17.5 Å². The van der Waals surface area contributed by atoms with Gasteiger partial charge in [-0.1, -0.05) is 6.07 Å². The second kappa shape index (κ2) is 9.06. The number of piperazine rings is 1. The molecule has 2 aromatic rings. The number of rotatable bonds is 6. The molecule has 4 aliphatic rings. The van der Waals surface area contributed by atoms with Gasteiger partial charge >= 0.3 is 6.18 Å². The maximum Gasteiger partial charge on any atom is 0.416 e. The minimum Gasteiger partial charge on any atom is -0.337 e. The van der Waals surface area contributed by atoms with E-state index in [9.17, 15) is 22.8 Å². The quantitative estimate of drug-likeness (QED) is 0.611. The van der Waals surface area contributed by atoms with E-state index < -0.39 is 17.6 Å². The van der Waals surface area contributed by atoms with Gasteiger partial charge < -0.3 is 15.1 Å². The van der Waals surface area contributed by atoms with Crippen LogP contribution in [0.5, 0.6) is 0 Å². The molecular weight excluding hydrogens is 503 g/mol. The van der Waals surface area contributed by atoms with Gasteiger partial charge in [-0.15, -0.1) is 11.3 Å². The Morgan fingerprint density at radius 2 is 1.89 bits per heavy atom. The summed E-state index contributed by atoms with van der Waals surface area (Å²) in [6.07, 6.45) is -1.56. The Bertz CT molecular complexity index is 1210. The number of aromatic nitrogens is 1. The number of nitrogens with one attached hydrogen (secondary N) is 1. The van der Waals surface area contributed by atoms with Crippen LogP contribution in [0.15, 0.2) is 23.6 Å². The van der Waals surface area contributed by atoms with Crippen molar-refractivity contribution in [3.8, 4) is 0 Å². The molecule has 37 heavy (non-hydrogen) atoms. The lowest BCUT2D eigenvalue weighted by molar-refractivity contribution is -0.138. The molecule has 1 spiro atoms. The van der Waals surface area contributed by atoms with Crippen molar-refractivity contribution < 1.29 is 22.8 Å². The van der Waals surface area contributed by atoms with Crippen molar-refractivity contribution >= 4 is 28.3 Å². The molecule has 7 nitrogen and oxygen atoms in total. The van der Waals surface area contributed by atoms with E-state index in [-0.39, 0.29) is 34.9 Å². The lowest BCUT2D eigenvalue weighted by Crippen LogP contribution is -2.53. The van der Waals surface area contributed by atoms with Crippen LogP contribution in [0.3, 0.4) is 0 Å². The first kappa shape index (κ1) is 24.8. The van der Waals surface area contributed by atoms with Gasteiger partial charge in [-0.05, 0) is 44.0 Å². The number of hydrogen-bond donors (Lipinski definition) is 1. The largest absolute Gasteiger partial charge is 0.416 e. The van der Waals surface area contributed by atoms with Crippen LogP contribution in [0.1, 0.15) is 52.4 Å². The summed E-state index contributed by atoms with van der Waals surface area (Å²) in [6, 6.07) is 3.95. The van der Waals surface area contributed by atoms with Crippen LogP contribution >= 0.6 is 11.3 Å². The first-order valence-corrected chi connectivity index (χ1v) is 13.7. The molecule has 2 saturated carbocycles. The summed E-state index contributed by atoms with van der Waals surface area (Å²) < 4.78 is 41.7. The zero-order valence-corrected chi connectivity index (χ0v) is 21.5. The normalized spacial score (nSPS) is 23.7. The predicted octanol–water partition coefficient (Wildman–Crippen LogP) is 3.89. The van der Waals surface area contributed by atoms with Crippen LogP contribution in [0, 0.1) is 11.3 Å². The van der Waals surface area contributed by atoms with E-state index in [1.807, 2.05) is 17.3 Å². The van der Waals surface area contributed by atoms with Crippen molar-refractivity contribution in [2.24, 2.45) is 11.3 Å². The minimum absolute atomic E-state index is 0.0429. The fourth-order valence-corrected chi connectivity index (χ4v) is 6.36. The standard InChI is InChI=1S/C26H30F3N5O2S/c1-32-6-8-33(9-7-32)12-18-5-4-17(10-19(18)26(27,28)29)23(36)34-14-25(15-34)11-20(25)22(35)31-24-30-21(13-37-24)16-2-3-16/h4-5,10,13,16,20H,2-3,6-9,11-12,14-15H2,1H3,(H,30,31,35). The van der Waals surface area contributed by atoms with Crippen molar-refractivity contribution in [2.45, 2.75) is 37.9 Å². The third-order valence-electron chi connectivity index (χ3n) is 8.20. The van der Waals surface area contributed by atoms with Gasteiger partial charge in [0, 0.05) is 74.0 Å². The minimum atomic E-state index is -4.54. The van der Waals surface area contributed by atoms with Gasteiger partial charge in [0.1, 0.15) is 0 Å². The zero-order valence-electron chi connectivity index (χ0n) is 20.7. The molecular formula is C26H30F3N5O2S. The number of alkyl halides is 3. The first-order valence-electron chi connectivity index (χ1n) is 12.8. The number of benzene rings is 1. The summed E-state index contributed by atoms with van der Waals surface area (Å²) in [5.41, 5.74) is 0.273. The van der Waals surface area contributed by atoms with Crippen LogP contribution in [0.2, 0.25) is 0 Å². The summed E-state index contributed by atoms with van der Waals surface area (Å²) in [7, 11) is 2.00. The maximum absolute atomic E-state index is 13.9. The number of likely N-dealkylation sites (tertiary alicyclic amines) is 1. The molecule has 2 saturated heterocycles. The lowest BCUT2D eigenvalue weighted by atomic mass is 9.91. The molecule has 2 aliphatic heterocycles. The Kier molecular flexibility index (Phi) is 6.08. The maximum atomic E-state index is 13.9. The molecule has 2 aliphatic carbocycles. The summed E-state index contributed by atoms with van der Waals surface area (Å²) >= 11 is 1.43. The van der Waals surface area contributed by atoms with E-state index in [4.69, 9.17) is 0 Å². The van der Waals surface area contributed by atoms with Crippen LogP contribution < -0.4 is 5.32 Å². The van der Waals surface area contributed by atoms with Gasteiger partial charge in [0.05, 0.1) is 11.3 Å². The van der Waals surface area contributed by atoms with Crippen LogP contribution in [0.25, 0.3) is 0 Å². The fraction of sp³-hybridized carbons (Fsp3) is 0.577. The first-order chi connectivity index (χ1) is 17.6. The average molecular weight is 534 g/mol. The number of amides is 2. The molecule has 1 N–H and O–H groups in total. The summed E-state index contributed by atoms with van der Waals surface area (Å²) in [5.74, 6) is -0.167. The molecule has 1 aromatic carbocycles. The van der Waals surface area contributed by atoms with Crippen molar-refractivity contribution in [1.29, 1.82) is 0 Å². The van der Waals surface area contributed by atoms with Crippen molar-refractivity contribution in [3.05, 3.63) is 46.0 Å². The monoisotopic (exact) mass is 533 g/mol. The molecule has 1 atom stereocenters. The van der Waals surface area contributed by atoms with E-state index in [1.165, 1.54) is 23.5 Å². The third-order valence-corrected chi connectivity index (χ3v) is 8.98. The number of carbonyl (C=O) groups excluding carboxylic acids is 2. The lowest BCUT2D eigenvalue weighted by Gasteiger charge is -2.41. The topological polar surface area (TPSA) is 68.8 Å². The molecule has 198 valence electrons. The van der Waals surface area contributed by atoms with Crippen molar-refractivity contribution in [2.75, 3.05) is 51.6 Å². The van der Waals surface area contributed by atoms with Crippen LogP contribution in [0.4, 0.5) is 18.3 Å². The molecule has 0 radical (unpaired) electrons. The van der Waals surface area contributed by atoms with Crippen LogP contribution in [-0.4, -0.2) is 77.8 Å². The number of halogens is 3. The number of hydrogen-bond acceptors (Lipinski definition) is 6. The Balaban J connectivity index is 1.07. The average Bonchev–Trinajstić information content (AvgIpc) is 3.76. The van der Waals surface area contributed by atoms with E-state index >= 15 is 0 Å². The number of thiazole rings is 1. The van der Waals surface area contributed by atoms with Crippen molar-refractivity contribution in [1.82, 2.24) is 19.7 Å². The van der Waals surface area contributed by atoms with E-state index in [0.29, 0.717) is 43.6 Å². The Morgan fingerprint density at radius 1 is 1.16 bits per heavy atom. The second-order valence-corrected chi connectivity index (χ2v) is 11.9. The highest BCUT2D eigenvalue weighted by molar-refractivity contribution is 7.13. The fourth-order valence-electron chi connectivity index (χ4n) is 5.57. The molecule has 6 rings (SSSR count). The third kappa shape index (κ3) is 5.00. The molecule has 2 amide bonds. The molecule has 1 unspecified atom stereocenters. The number of anilines is 1. The Hall–Kier alpha value is -2.50. The van der Waals surface area contributed by atoms with E-state index in [1.54, 1.807) is 4.90 Å². The summed E-state index contributed by atoms with van der Waals surface area (Å²) in [5, 5.41) is 5.51. The van der Waals surface area contributed by atoms with Gasteiger partial charge in [0.2, 0.25) is 5.91 Å². The highest BCUT2D eigenvalue weighted by atomic mass is 32.1. The molecule has 0 bridgehead atoms. The smallest absolute Gasteiger partial charge is 0.337 e. The molecule has 1 aromatic heterocycles. The number of likely N-dealkylation sites (N-methyl/N-ethyl adjacent to an activating group) is 1. The second-order valence-electron chi connectivity index (χ2n) is 11.1. The van der Waals surface area contributed by atoms with Gasteiger partial charge in [-0.3, -0.25) is 14.5 Å². The summed E-state index contributed by atoms with van der Waals surface area (Å²) in [6.45, 7) is 4.05. The predicted molar refractivity (Wildman–Crippen MR) is 133 cm³/mol. The number of carbonyl (C=O) groups is 2. The Morgan fingerprint density at radius 3 is 2.57 bits per heavy atom. The molecule has 11 heteroatoms. The SMILES string of the molecule is CN1CCN(Cc2ccc(C(=O)N3CC4(CC4C(=O)Nc4nc(C5CC5)cs4)C3)cc2C(F)(F)F)CC1. The summed E-state index contributed by atoms with van der Waals surface area (Å²) in [4.78, 5) is 36.0. The Labute approximate surface area is 217 Å². The van der Waals surface area contributed by atoms with E-state index in [2.05, 4.69) is 15.2 Å². The highest BCUT2D eigenvalue weighted by Crippen LogP contribution is 2.59. The highest BCUT2D eigenvalue weighted by Gasteiger charge is 2.65. The van der Waals surface area contributed by atoms with Gasteiger partial charge in [0.15, 0.2) is 5.13 Å². The number of nitrogens with zero attached hydrogens (tertiary/aromatic N) is 4. The van der Waals surface area contributed by atoms with Gasteiger partial charge in [-0.25, -0.2) is 4.98 Å².